The zero-order valence-electron chi connectivity index (χ0n) is 9.50. The largest absolute Gasteiger partial charge is 0.493 e. The molecule has 0 saturated heterocycles. The normalized spacial score (nSPS) is 17.9. The van der Waals surface area contributed by atoms with Crippen molar-refractivity contribution in [1.29, 1.82) is 0 Å². The molecule has 1 N–H and O–H groups in total. The van der Waals surface area contributed by atoms with Crippen molar-refractivity contribution in [3.05, 3.63) is 45.9 Å². The van der Waals surface area contributed by atoms with Crippen molar-refractivity contribution in [2.75, 3.05) is 6.61 Å². The van der Waals surface area contributed by atoms with Crippen LogP contribution in [0.25, 0.3) is 0 Å². The molecule has 0 aliphatic carbocycles. The first-order valence-electron chi connectivity index (χ1n) is 5.66. The van der Waals surface area contributed by atoms with Crippen LogP contribution in [-0.4, -0.2) is 22.7 Å². The summed E-state index contributed by atoms with van der Waals surface area (Å²) in [4.78, 5) is 15.4. The average molecular weight is 261 g/mol. The maximum absolute atomic E-state index is 10.9. The Morgan fingerprint density at radius 1 is 1.44 bits per heavy atom. The molecule has 1 unspecified atom stereocenters. The number of thiazole rings is 1. The van der Waals surface area contributed by atoms with Gasteiger partial charge >= 0.3 is 5.97 Å². The van der Waals surface area contributed by atoms with Crippen LogP contribution in [0.5, 0.6) is 5.75 Å². The summed E-state index contributed by atoms with van der Waals surface area (Å²) in [5, 5.41) is 9.79. The van der Waals surface area contributed by atoms with E-state index in [0.29, 0.717) is 6.61 Å². The zero-order chi connectivity index (χ0) is 12.5. The van der Waals surface area contributed by atoms with Crippen LogP contribution in [0.1, 0.15) is 32.6 Å². The smallest absolute Gasteiger partial charge is 0.347 e. The number of aromatic nitrogens is 1. The van der Waals surface area contributed by atoms with Crippen molar-refractivity contribution in [3.63, 3.8) is 0 Å². The van der Waals surface area contributed by atoms with E-state index in [4.69, 9.17) is 9.84 Å². The summed E-state index contributed by atoms with van der Waals surface area (Å²) in [7, 11) is 0. The second kappa shape index (κ2) is 4.42. The SMILES string of the molecule is O=C(O)c1cnc(C2CCOc3ccccc32)s1. The molecule has 1 aromatic heterocycles. The van der Waals surface area contributed by atoms with E-state index in [-0.39, 0.29) is 10.8 Å². The highest BCUT2D eigenvalue weighted by Crippen LogP contribution is 2.39. The van der Waals surface area contributed by atoms with Crippen molar-refractivity contribution >= 4 is 17.3 Å². The highest BCUT2D eigenvalue weighted by atomic mass is 32.1. The molecule has 1 atom stereocenters. The van der Waals surface area contributed by atoms with Gasteiger partial charge in [0.25, 0.3) is 0 Å². The van der Waals surface area contributed by atoms with Crippen LogP contribution in [0.15, 0.2) is 30.5 Å². The first-order chi connectivity index (χ1) is 8.75. The summed E-state index contributed by atoms with van der Waals surface area (Å²) in [6.07, 6.45) is 2.27. The first kappa shape index (κ1) is 11.2. The van der Waals surface area contributed by atoms with E-state index in [2.05, 4.69) is 4.98 Å². The van der Waals surface area contributed by atoms with Gasteiger partial charge in [-0.3, -0.25) is 0 Å². The number of para-hydroxylation sites is 1. The lowest BCUT2D eigenvalue weighted by Crippen LogP contribution is -2.14. The van der Waals surface area contributed by atoms with Gasteiger partial charge in [-0.25, -0.2) is 9.78 Å². The Labute approximate surface area is 108 Å². The first-order valence-corrected chi connectivity index (χ1v) is 6.48. The summed E-state index contributed by atoms with van der Waals surface area (Å²) in [5.41, 5.74) is 1.09. The Morgan fingerprint density at radius 3 is 3.06 bits per heavy atom. The average Bonchev–Trinajstić information content (AvgIpc) is 2.87. The van der Waals surface area contributed by atoms with Crippen LogP contribution in [0.2, 0.25) is 0 Å². The molecule has 5 heteroatoms. The third kappa shape index (κ3) is 1.86. The monoisotopic (exact) mass is 261 g/mol. The van der Waals surface area contributed by atoms with E-state index in [0.717, 1.165) is 22.7 Å². The molecule has 4 nitrogen and oxygen atoms in total. The van der Waals surface area contributed by atoms with Gasteiger partial charge in [0, 0.05) is 11.5 Å². The lowest BCUT2D eigenvalue weighted by molar-refractivity contribution is 0.0702. The number of hydrogen-bond donors (Lipinski definition) is 1. The van der Waals surface area contributed by atoms with Crippen molar-refractivity contribution in [2.45, 2.75) is 12.3 Å². The fourth-order valence-electron chi connectivity index (χ4n) is 2.15. The van der Waals surface area contributed by atoms with Gasteiger partial charge in [-0.1, -0.05) is 18.2 Å². The van der Waals surface area contributed by atoms with Crippen LogP contribution in [0, 0.1) is 0 Å². The number of rotatable bonds is 2. The van der Waals surface area contributed by atoms with Crippen molar-refractivity contribution in [2.24, 2.45) is 0 Å². The summed E-state index contributed by atoms with van der Waals surface area (Å²) in [6, 6.07) is 7.85. The van der Waals surface area contributed by atoms with Crippen LogP contribution in [-0.2, 0) is 0 Å². The third-order valence-electron chi connectivity index (χ3n) is 2.99. The number of ether oxygens (including phenoxy) is 1. The molecule has 3 rings (SSSR count). The minimum atomic E-state index is -0.918. The van der Waals surface area contributed by atoms with Gasteiger partial charge in [-0.15, -0.1) is 11.3 Å². The van der Waals surface area contributed by atoms with Gasteiger partial charge in [0.2, 0.25) is 0 Å². The summed E-state index contributed by atoms with van der Waals surface area (Å²) < 4.78 is 5.59. The number of carboxylic acids is 1. The van der Waals surface area contributed by atoms with Gasteiger partial charge in [-0.2, -0.15) is 0 Å². The number of carboxylic acid groups (broad SMARTS) is 1. The molecular weight excluding hydrogens is 250 g/mol. The molecule has 18 heavy (non-hydrogen) atoms. The van der Waals surface area contributed by atoms with Crippen LogP contribution in [0.4, 0.5) is 0 Å². The molecule has 1 aliphatic heterocycles. The molecular formula is C13H11NO3S. The summed E-state index contributed by atoms with van der Waals surface area (Å²) >= 11 is 1.24. The lowest BCUT2D eigenvalue weighted by atomic mass is 9.94. The Bertz CT molecular complexity index is 593. The predicted molar refractivity (Wildman–Crippen MR) is 67.5 cm³/mol. The standard InChI is InChI=1S/C13H11NO3S/c15-13(16)11-7-14-12(18-11)9-5-6-17-10-4-2-1-3-8(9)10/h1-4,7,9H,5-6H2,(H,15,16). The van der Waals surface area contributed by atoms with E-state index in [1.807, 2.05) is 24.3 Å². The molecule has 92 valence electrons. The van der Waals surface area contributed by atoms with Gasteiger partial charge in [0.05, 0.1) is 12.8 Å². The second-order valence-corrected chi connectivity index (χ2v) is 5.16. The second-order valence-electron chi connectivity index (χ2n) is 4.10. The van der Waals surface area contributed by atoms with Crippen molar-refractivity contribution in [3.8, 4) is 5.75 Å². The van der Waals surface area contributed by atoms with E-state index in [9.17, 15) is 4.79 Å². The van der Waals surface area contributed by atoms with Gasteiger partial charge in [0.15, 0.2) is 0 Å². The fourth-order valence-corrected chi connectivity index (χ4v) is 3.06. The van der Waals surface area contributed by atoms with Gasteiger partial charge < -0.3 is 9.84 Å². The number of hydrogen-bond acceptors (Lipinski definition) is 4. The quantitative estimate of drug-likeness (QED) is 0.903. The summed E-state index contributed by atoms with van der Waals surface area (Å²) in [5.74, 6) is 0.105. The Morgan fingerprint density at radius 2 is 2.28 bits per heavy atom. The molecule has 0 bridgehead atoms. The van der Waals surface area contributed by atoms with E-state index < -0.39 is 5.97 Å². The topological polar surface area (TPSA) is 59.4 Å². The predicted octanol–water partition coefficient (Wildman–Crippen LogP) is 2.76. The van der Waals surface area contributed by atoms with Gasteiger partial charge in [0.1, 0.15) is 15.6 Å². The Hall–Kier alpha value is -1.88. The van der Waals surface area contributed by atoms with Crippen LogP contribution in [0.3, 0.4) is 0 Å². The number of carbonyl (C=O) groups is 1. The maximum Gasteiger partial charge on any atom is 0.347 e. The Kier molecular flexibility index (Phi) is 2.76. The van der Waals surface area contributed by atoms with Crippen molar-refractivity contribution in [1.82, 2.24) is 4.98 Å². The zero-order valence-corrected chi connectivity index (χ0v) is 10.3. The van der Waals surface area contributed by atoms with E-state index in [1.54, 1.807) is 0 Å². The number of aromatic carboxylic acids is 1. The fraction of sp³-hybridized carbons (Fsp3) is 0.231. The Balaban J connectivity index is 2.00. The van der Waals surface area contributed by atoms with E-state index in [1.165, 1.54) is 17.5 Å². The highest BCUT2D eigenvalue weighted by Gasteiger charge is 2.25. The van der Waals surface area contributed by atoms with Crippen molar-refractivity contribution < 1.29 is 14.6 Å². The molecule has 2 aromatic rings. The maximum atomic E-state index is 10.9. The minimum absolute atomic E-state index is 0.146. The number of nitrogens with zero attached hydrogens (tertiary/aromatic N) is 1. The minimum Gasteiger partial charge on any atom is -0.493 e. The van der Waals surface area contributed by atoms with Crippen LogP contribution < -0.4 is 4.74 Å². The number of fused-ring (bicyclic) bond motifs is 1. The van der Waals surface area contributed by atoms with E-state index >= 15 is 0 Å². The molecule has 2 heterocycles. The molecule has 1 aromatic carbocycles. The lowest BCUT2D eigenvalue weighted by Gasteiger charge is -2.24. The molecule has 0 spiro atoms. The molecule has 0 amide bonds. The van der Waals surface area contributed by atoms with Crippen LogP contribution >= 0.6 is 11.3 Å². The third-order valence-corrected chi connectivity index (χ3v) is 4.09. The molecule has 0 radical (unpaired) electrons. The summed E-state index contributed by atoms with van der Waals surface area (Å²) in [6.45, 7) is 0.643. The molecule has 1 aliphatic rings. The number of benzene rings is 1. The highest BCUT2D eigenvalue weighted by molar-refractivity contribution is 7.13. The van der Waals surface area contributed by atoms with Gasteiger partial charge in [-0.05, 0) is 12.5 Å². The molecule has 0 saturated carbocycles. The molecule has 0 fully saturated rings.